The SMILES string of the molecule is CCC1(CCO)CCOC(C)(C)O1. The van der Waals surface area contributed by atoms with Crippen molar-refractivity contribution in [2.24, 2.45) is 0 Å². The molecule has 78 valence electrons. The molecule has 0 spiro atoms. The molecule has 13 heavy (non-hydrogen) atoms. The zero-order valence-electron chi connectivity index (χ0n) is 8.80. The van der Waals surface area contributed by atoms with Crippen LogP contribution in [0.4, 0.5) is 0 Å². The van der Waals surface area contributed by atoms with Gasteiger partial charge < -0.3 is 14.6 Å². The largest absolute Gasteiger partial charge is 0.396 e. The first-order valence-corrected chi connectivity index (χ1v) is 4.99. The van der Waals surface area contributed by atoms with E-state index in [9.17, 15) is 0 Å². The Morgan fingerprint density at radius 3 is 2.54 bits per heavy atom. The molecular weight excluding hydrogens is 168 g/mol. The average molecular weight is 188 g/mol. The Morgan fingerprint density at radius 1 is 1.38 bits per heavy atom. The minimum absolute atomic E-state index is 0.170. The third kappa shape index (κ3) is 2.66. The predicted molar refractivity (Wildman–Crippen MR) is 50.5 cm³/mol. The third-order valence-corrected chi connectivity index (χ3v) is 2.68. The molecule has 1 fully saturated rings. The third-order valence-electron chi connectivity index (χ3n) is 2.68. The van der Waals surface area contributed by atoms with Crippen molar-refractivity contribution in [3.8, 4) is 0 Å². The Kier molecular flexibility index (Phi) is 3.33. The molecular formula is C10H20O3. The highest BCUT2D eigenvalue weighted by molar-refractivity contribution is 4.84. The highest BCUT2D eigenvalue weighted by Crippen LogP contribution is 2.35. The molecule has 0 radical (unpaired) electrons. The normalized spacial score (nSPS) is 33.2. The molecule has 0 bridgehead atoms. The molecule has 1 aliphatic heterocycles. The van der Waals surface area contributed by atoms with Crippen LogP contribution in [0.2, 0.25) is 0 Å². The number of hydrogen-bond acceptors (Lipinski definition) is 3. The second-order valence-corrected chi connectivity index (χ2v) is 4.11. The highest BCUT2D eigenvalue weighted by atomic mass is 16.7. The first-order chi connectivity index (χ1) is 6.04. The first-order valence-electron chi connectivity index (χ1n) is 4.99. The second-order valence-electron chi connectivity index (χ2n) is 4.11. The molecule has 3 heteroatoms. The molecule has 3 nitrogen and oxygen atoms in total. The van der Waals surface area contributed by atoms with E-state index in [1.165, 1.54) is 0 Å². The minimum atomic E-state index is -0.497. The number of aliphatic hydroxyl groups excluding tert-OH is 1. The van der Waals surface area contributed by atoms with Crippen molar-refractivity contribution in [2.75, 3.05) is 13.2 Å². The molecule has 1 unspecified atom stereocenters. The lowest BCUT2D eigenvalue weighted by molar-refractivity contribution is -0.313. The average Bonchev–Trinajstić information content (AvgIpc) is 2.03. The maximum atomic E-state index is 8.96. The van der Waals surface area contributed by atoms with Gasteiger partial charge in [0.25, 0.3) is 0 Å². The van der Waals surface area contributed by atoms with Gasteiger partial charge in [-0.05, 0) is 26.7 Å². The van der Waals surface area contributed by atoms with Crippen molar-refractivity contribution in [1.82, 2.24) is 0 Å². The van der Waals surface area contributed by atoms with E-state index in [1.807, 2.05) is 13.8 Å². The van der Waals surface area contributed by atoms with Gasteiger partial charge in [0.2, 0.25) is 0 Å². The number of aliphatic hydroxyl groups is 1. The molecule has 0 aliphatic carbocycles. The Bertz CT molecular complexity index is 164. The maximum absolute atomic E-state index is 8.96. The van der Waals surface area contributed by atoms with E-state index in [2.05, 4.69) is 6.92 Å². The summed E-state index contributed by atoms with van der Waals surface area (Å²) in [5, 5.41) is 8.96. The minimum Gasteiger partial charge on any atom is -0.396 e. The summed E-state index contributed by atoms with van der Waals surface area (Å²) in [4.78, 5) is 0. The summed E-state index contributed by atoms with van der Waals surface area (Å²) in [7, 11) is 0. The van der Waals surface area contributed by atoms with E-state index in [1.54, 1.807) is 0 Å². The lowest BCUT2D eigenvalue weighted by Gasteiger charge is -2.44. The summed E-state index contributed by atoms with van der Waals surface area (Å²) in [6.45, 7) is 6.85. The number of ether oxygens (including phenoxy) is 2. The first kappa shape index (κ1) is 11.0. The molecule has 1 rings (SSSR count). The second kappa shape index (κ2) is 3.95. The zero-order valence-corrected chi connectivity index (χ0v) is 8.80. The zero-order chi connectivity index (χ0) is 9.95. The van der Waals surface area contributed by atoms with Crippen LogP contribution in [-0.2, 0) is 9.47 Å². The van der Waals surface area contributed by atoms with Crippen molar-refractivity contribution in [3.63, 3.8) is 0 Å². The highest BCUT2D eigenvalue weighted by Gasteiger charge is 2.39. The van der Waals surface area contributed by atoms with Gasteiger partial charge in [-0.15, -0.1) is 0 Å². The Balaban J connectivity index is 2.64. The van der Waals surface area contributed by atoms with Crippen molar-refractivity contribution in [2.45, 2.75) is 51.4 Å². The Morgan fingerprint density at radius 2 is 2.08 bits per heavy atom. The van der Waals surface area contributed by atoms with Crippen LogP contribution in [0, 0.1) is 0 Å². The molecule has 1 aliphatic rings. The van der Waals surface area contributed by atoms with Gasteiger partial charge in [-0.3, -0.25) is 0 Å². The fraction of sp³-hybridized carbons (Fsp3) is 1.00. The monoisotopic (exact) mass is 188 g/mol. The van der Waals surface area contributed by atoms with Gasteiger partial charge in [0.05, 0.1) is 12.2 Å². The van der Waals surface area contributed by atoms with Crippen LogP contribution in [0.5, 0.6) is 0 Å². The van der Waals surface area contributed by atoms with E-state index in [4.69, 9.17) is 14.6 Å². The molecule has 1 N–H and O–H groups in total. The lowest BCUT2D eigenvalue weighted by atomic mass is 9.91. The van der Waals surface area contributed by atoms with Gasteiger partial charge in [0.15, 0.2) is 5.79 Å². The lowest BCUT2D eigenvalue weighted by Crippen LogP contribution is -2.48. The van der Waals surface area contributed by atoms with Crippen LogP contribution in [-0.4, -0.2) is 29.7 Å². The molecule has 0 aromatic rings. The summed E-state index contributed by atoms with van der Waals surface area (Å²) in [5.74, 6) is -0.497. The Hall–Kier alpha value is -0.120. The molecule has 1 atom stereocenters. The molecule has 0 aromatic carbocycles. The smallest absolute Gasteiger partial charge is 0.163 e. The standard InChI is InChI=1S/C10H20O3/c1-4-10(5-7-11)6-8-12-9(2,3)13-10/h11H,4-8H2,1-3H3. The van der Waals surface area contributed by atoms with Crippen LogP contribution >= 0.6 is 0 Å². The van der Waals surface area contributed by atoms with Crippen molar-refractivity contribution in [3.05, 3.63) is 0 Å². The molecule has 1 saturated heterocycles. The van der Waals surface area contributed by atoms with Crippen LogP contribution in [0.25, 0.3) is 0 Å². The number of rotatable bonds is 3. The van der Waals surface area contributed by atoms with Gasteiger partial charge in [-0.25, -0.2) is 0 Å². The molecule has 1 heterocycles. The quantitative estimate of drug-likeness (QED) is 0.732. The van der Waals surface area contributed by atoms with Crippen molar-refractivity contribution >= 4 is 0 Å². The fourth-order valence-corrected chi connectivity index (χ4v) is 1.89. The predicted octanol–water partition coefficient (Wildman–Crippen LogP) is 1.69. The van der Waals surface area contributed by atoms with E-state index in [0.29, 0.717) is 6.42 Å². The summed E-state index contributed by atoms with van der Waals surface area (Å²) in [6, 6.07) is 0. The molecule has 0 saturated carbocycles. The topological polar surface area (TPSA) is 38.7 Å². The maximum Gasteiger partial charge on any atom is 0.163 e. The van der Waals surface area contributed by atoms with Crippen LogP contribution < -0.4 is 0 Å². The van der Waals surface area contributed by atoms with Crippen LogP contribution in [0.3, 0.4) is 0 Å². The van der Waals surface area contributed by atoms with Gasteiger partial charge in [-0.1, -0.05) is 6.92 Å². The van der Waals surface area contributed by atoms with Gasteiger partial charge in [0, 0.05) is 13.0 Å². The summed E-state index contributed by atoms with van der Waals surface area (Å²) in [6.07, 6.45) is 2.52. The van der Waals surface area contributed by atoms with E-state index >= 15 is 0 Å². The van der Waals surface area contributed by atoms with Crippen LogP contribution in [0.1, 0.15) is 40.0 Å². The summed E-state index contributed by atoms with van der Waals surface area (Å²) in [5.41, 5.74) is -0.170. The van der Waals surface area contributed by atoms with Crippen LogP contribution in [0.15, 0.2) is 0 Å². The van der Waals surface area contributed by atoms with E-state index in [0.717, 1.165) is 19.4 Å². The number of hydrogen-bond donors (Lipinski definition) is 1. The van der Waals surface area contributed by atoms with Gasteiger partial charge in [0.1, 0.15) is 0 Å². The summed E-state index contributed by atoms with van der Waals surface area (Å²) >= 11 is 0. The van der Waals surface area contributed by atoms with E-state index < -0.39 is 5.79 Å². The van der Waals surface area contributed by atoms with E-state index in [-0.39, 0.29) is 12.2 Å². The van der Waals surface area contributed by atoms with Crippen molar-refractivity contribution in [1.29, 1.82) is 0 Å². The van der Waals surface area contributed by atoms with Gasteiger partial charge >= 0.3 is 0 Å². The molecule has 0 amide bonds. The fourth-order valence-electron chi connectivity index (χ4n) is 1.89. The Labute approximate surface area is 80.0 Å². The summed E-state index contributed by atoms with van der Waals surface area (Å²) < 4.78 is 11.3. The van der Waals surface area contributed by atoms with Crippen molar-refractivity contribution < 1.29 is 14.6 Å². The molecule has 0 aromatic heterocycles. The van der Waals surface area contributed by atoms with Gasteiger partial charge in [-0.2, -0.15) is 0 Å².